The molecular weight excluding hydrogens is 344 g/mol. The largest absolute Gasteiger partial charge is 0.480 e. The van der Waals surface area contributed by atoms with E-state index in [0.717, 1.165) is 58.5 Å². The van der Waals surface area contributed by atoms with Crippen LogP contribution in [0, 0.1) is 0 Å². The average molecular weight is 383 g/mol. The first kappa shape index (κ1) is 22.0. The van der Waals surface area contributed by atoms with Crippen LogP contribution in [-0.4, -0.2) is 89.7 Å². The Morgan fingerprint density at radius 1 is 1.07 bits per heavy atom. The summed E-state index contributed by atoms with van der Waals surface area (Å²) < 4.78 is 0. The Labute approximate surface area is 164 Å². The minimum atomic E-state index is -0.785. The second-order valence-electron chi connectivity index (χ2n) is 7.97. The highest BCUT2D eigenvalue weighted by molar-refractivity contribution is 5.74. The lowest BCUT2D eigenvalue weighted by Gasteiger charge is -2.42. The summed E-state index contributed by atoms with van der Waals surface area (Å²) in [7, 11) is 0. The molecule has 0 aromatic rings. The molecule has 1 heterocycles. The number of carboxylic acid groups (broad SMARTS) is 1. The molecule has 0 radical (unpaired) electrons. The highest BCUT2D eigenvalue weighted by atomic mass is 16.4. The summed E-state index contributed by atoms with van der Waals surface area (Å²) in [6.07, 6.45) is 7.85. The van der Waals surface area contributed by atoms with Gasteiger partial charge in [0.05, 0.1) is 6.54 Å². The van der Waals surface area contributed by atoms with Crippen LogP contribution in [0.15, 0.2) is 0 Å². The number of aliphatic carboxylic acids is 1. The van der Waals surface area contributed by atoms with Crippen molar-refractivity contribution in [3.05, 3.63) is 0 Å². The Morgan fingerprint density at radius 2 is 1.74 bits per heavy atom. The van der Waals surface area contributed by atoms with Crippen LogP contribution in [0.4, 0.5) is 4.79 Å². The van der Waals surface area contributed by atoms with Crippen LogP contribution >= 0.6 is 0 Å². The lowest BCUT2D eigenvalue weighted by Crippen LogP contribution is -2.57. The van der Waals surface area contributed by atoms with Gasteiger partial charge in [0.15, 0.2) is 0 Å². The Kier molecular flexibility index (Phi) is 9.34. The second-order valence-corrected chi connectivity index (χ2v) is 7.97. The maximum absolute atomic E-state index is 12.7. The molecule has 2 rings (SSSR count). The number of hydrogen-bond donors (Lipinski definition) is 2. The molecule has 27 heavy (non-hydrogen) atoms. The first-order chi connectivity index (χ1) is 13.0. The van der Waals surface area contributed by atoms with Gasteiger partial charge in [-0.1, -0.05) is 26.7 Å². The van der Waals surface area contributed by atoms with E-state index in [1.165, 1.54) is 25.7 Å². The minimum absolute atomic E-state index is 0.0383. The molecular formula is C20H38N4O3. The zero-order valence-corrected chi connectivity index (χ0v) is 17.2. The molecule has 7 heteroatoms. The number of likely N-dealkylation sites (N-methyl/N-ethyl adjacent to an activating group) is 1. The Morgan fingerprint density at radius 3 is 2.30 bits per heavy atom. The van der Waals surface area contributed by atoms with Crippen molar-refractivity contribution in [3.63, 3.8) is 0 Å². The number of amides is 2. The molecule has 2 aliphatic rings. The van der Waals surface area contributed by atoms with Crippen LogP contribution < -0.4 is 5.32 Å². The van der Waals surface area contributed by atoms with Gasteiger partial charge in [-0.2, -0.15) is 0 Å². The Hall–Kier alpha value is -1.34. The van der Waals surface area contributed by atoms with E-state index >= 15 is 0 Å². The van der Waals surface area contributed by atoms with Gasteiger partial charge in [0.25, 0.3) is 0 Å². The number of nitrogens with zero attached hydrogens (tertiary/aromatic N) is 3. The summed E-state index contributed by atoms with van der Waals surface area (Å²) in [5.41, 5.74) is 0. The van der Waals surface area contributed by atoms with Crippen molar-refractivity contribution in [3.8, 4) is 0 Å². The lowest BCUT2D eigenvalue weighted by molar-refractivity contribution is -0.139. The number of rotatable bonds is 10. The predicted octanol–water partition coefficient (Wildman–Crippen LogP) is 2.22. The fourth-order valence-electron chi connectivity index (χ4n) is 4.15. The van der Waals surface area contributed by atoms with Gasteiger partial charge in [-0.05, 0) is 51.7 Å². The number of likely N-dealkylation sites (tertiary alicyclic amines) is 1. The van der Waals surface area contributed by atoms with Gasteiger partial charge in [0.2, 0.25) is 0 Å². The molecule has 0 spiro atoms. The molecule has 2 amide bonds. The molecule has 0 aromatic heterocycles. The molecule has 0 bridgehead atoms. The number of carbonyl (C=O) groups is 2. The highest BCUT2D eigenvalue weighted by Crippen LogP contribution is 2.25. The first-order valence-corrected chi connectivity index (χ1v) is 10.8. The van der Waals surface area contributed by atoms with Gasteiger partial charge in [-0.15, -0.1) is 0 Å². The van der Waals surface area contributed by atoms with Crippen LogP contribution in [0.2, 0.25) is 0 Å². The van der Waals surface area contributed by atoms with E-state index < -0.39 is 5.97 Å². The van der Waals surface area contributed by atoms with Crippen LogP contribution in [0.3, 0.4) is 0 Å². The maximum atomic E-state index is 12.7. The van der Waals surface area contributed by atoms with E-state index in [1.807, 2.05) is 16.7 Å². The van der Waals surface area contributed by atoms with Crippen LogP contribution in [0.1, 0.15) is 58.8 Å². The molecule has 1 saturated heterocycles. The van der Waals surface area contributed by atoms with E-state index in [2.05, 4.69) is 17.1 Å². The monoisotopic (exact) mass is 382 g/mol. The Balaban J connectivity index is 1.73. The number of carbonyl (C=O) groups excluding carboxylic acids is 1. The third-order valence-electron chi connectivity index (χ3n) is 5.87. The topological polar surface area (TPSA) is 76.1 Å². The molecule has 0 atom stereocenters. The fraction of sp³-hybridized carbons (Fsp3) is 0.900. The molecule has 2 N–H and O–H groups in total. The number of nitrogens with one attached hydrogen (secondary N) is 1. The summed E-state index contributed by atoms with van der Waals surface area (Å²) in [4.78, 5) is 30.0. The zero-order valence-electron chi connectivity index (χ0n) is 17.2. The SMILES string of the molecule is CCCN(CCN1CCCCCC1)C(=O)NC1CC(N(CC)CC(=O)O)C1. The van der Waals surface area contributed by atoms with E-state index in [1.54, 1.807) is 0 Å². The standard InChI is InChI=1S/C20H38N4O3/c1-3-9-24(13-12-22-10-7-5-6-8-11-22)20(27)21-17-14-18(15-17)23(4-2)16-19(25)26/h17-18H,3-16H2,1-2H3,(H,21,27)(H,25,26). The quantitative estimate of drug-likeness (QED) is 0.606. The molecule has 156 valence electrons. The molecule has 1 aliphatic heterocycles. The van der Waals surface area contributed by atoms with Crippen molar-refractivity contribution >= 4 is 12.0 Å². The van der Waals surface area contributed by atoms with E-state index in [-0.39, 0.29) is 24.7 Å². The summed E-state index contributed by atoms with van der Waals surface area (Å²) in [5.74, 6) is -0.785. The smallest absolute Gasteiger partial charge is 0.317 e. The third kappa shape index (κ3) is 7.30. The van der Waals surface area contributed by atoms with Crippen LogP contribution in [0.25, 0.3) is 0 Å². The summed E-state index contributed by atoms with van der Waals surface area (Å²) in [6.45, 7) is 9.76. The summed E-state index contributed by atoms with van der Waals surface area (Å²) in [6, 6.07) is 0.479. The van der Waals surface area contributed by atoms with Gasteiger partial charge in [0.1, 0.15) is 0 Å². The van der Waals surface area contributed by atoms with Crippen molar-refractivity contribution in [1.82, 2.24) is 20.0 Å². The van der Waals surface area contributed by atoms with Gasteiger partial charge >= 0.3 is 12.0 Å². The zero-order chi connectivity index (χ0) is 19.6. The van der Waals surface area contributed by atoms with Gasteiger partial charge in [-0.25, -0.2) is 4.79 Å². The van der Waals surface area contributed by atoms with E-state index in [4.69, 9.17) is 5.11 Å². The number of urea groups is 1. The van der Waals surface area contributed by atoms with E-state index in [0.29, 0.717) is 0 Å². The normalized spacial score (nSPS) is 23.5. The third-order valence-corrected chi connectivity index (χ3v) is 5.87. The molecule has 1 aliphatic carbocycles. The lowest BCUT2D eigenvalue weighted by atomic mass is 9.85. The highest BCUT2D eigenvalue weighted by Gasteiger charge is 2.35. The molecule has 7 nitrogen and oxygen atoms in total. The van der Waals surface area contributed by atoms with Gasteiger partial charge in [-0.3, -0.25) is 9.69 Å². The van der Waals surface area contributed by atoms with Crippen molar-refractivity contribution in [1.29, 1.82) is 0 Å². The Bertz CT molecular complexity index is 460. The van der Waals surface area contributed by atoms with E-state index in [9.17, 15) is 9.59 Å². The number of hydrogen-bond acceptors (Lipinski definition) is 4. The van der Waals surface area contributed by atoms with Gasteiger partial charge < -0.3 is 20.2 Å². The van der Waals surface area contributed by atoms with Gasteiger partial charge in [0, 0.05) is 31.7 Å². The summed E-state index contributed by atoms with van der Waals surface area (Å²) >= 11 is 0. The van der Waals surface area contributed by atoms with Crippen LogP contribution in [0.5, 0.6) is 0 Å². The molecule has 0 unspecified atom stereocenters. The molecule has 0 aromatic carbocycles. The molecule has 2 fully saturated rings. The van der Waals surface area contributed by atoms with Crippen molar-refractivity contribution in [2.45, 2.75) is 70.9 Å². The average Bonchev–Trinajstić information content (AvgIpc) is 2.88. The number of carboxylic acids is 1. The second kappa shape index (κ2) is 11.5. The van der Waals surface area contributed by atoms with Crippen LogP contribution in [-0.2, 0) is 4.79 Å². The summed E-state index contributed by atoms with van der Waals surface area (Å²) in [5, 5.41) is 12.1. The minimum Gasteiger partial charge on any atom is -0.480 e. The van der Waals surface area contributed by atoms with Crippen molar-refractivity contribution < 1.29 is 14.7 Å². The fourth-order valence-corrected chi connectivity index (χ4v) is 4.15. The van der Waals surface area contributed by atoms with Crippen molar-refractivity contribution in [2.75, 3.05) is 45.8 Å². The van der Waals surface area contributed by atoms with Crippen molar-refractivity contribution in [2.24, 2.45) is 0 Å². The predicted molar refractivity (Wildman–Crippen MR) is 107 cm³/mol. The molecule has 1 saturated carbocycles. The maximum Gasteiger partial charge on any atom is 0.317 e. The first-order valence-electron chi connectivity index (χ1n) is 10.8.